The van der Waals surface area contributed by atoms with Gasteiger partial charge >= 0.3 is 0 Å². The molecule has 1 spiro atoms. The van der Waals surface area contributed by atoms with Gasteiger partial charge in [-0.15, -0.1) is 0 Å². The number of likely N-dealkylation sites (tertiary alicyclic amines) is 1. The quantitative estimate of drug-likeness (QED) is 0.855. The van der Waals surface area contributed by atoms with Crippen molar-refractivity contribution >= 4 is 0 Å². The summed E-state index contributed by atoms with van der Waals surface area (Å²) in [7, 11) is 2.27. The third-order valence-corrected chi connectivity index (χ3v) is 6.10. The highest BCUT2D eigenvalue weighted by Gasteiger charge is 2.41. The first kappa shape index (κ1) is 14.8. The highest BCUT2D eigenvalue weighted by Crippen LogP contribution is 2.34. The number of nitrogens with one attached hydrogen (secondary N) is 1. The second-order valence-electron chi connectivity index (χ2n) is 7.61. The van der Waals surface area contributed by atoms with E-state index in [2.05, 4.69) is 29.1 Å². The lowest BCUT2D eigenvalue weighted by Gasteiger charge is -2.48. The predicted octanol–water partition coefficient (Wildman–Crippen LogP) is 2.32. The number of hydrogen-bond acceptors (Lipinski definition) is 3. The zero-order valence-corrected chi connectivity index (χ0v) is 13.5. The second-order valence-corrected chi connectivity index (χ2v) is 7.61. The van der Waals surface area contributed by atoms with E-state index in [4.69, 9.17) is 0 Å². The van der Waals surface area contributed by atoms with Crippen LogP contribution in [-0.2, 0) is 0 Å². The number of piperidine rings is 1. The predicted molar refractivity (Wildman–Crippen MR) is 85.1 cm³/mol. The molecular formula is C17H33N3. The zero-order chi connectivity index (χ0) is 14.0. The van der Waals surface area contributed by atoms with Crippen LogP contribution in [0.1, 0.15) is 51.9 Å². The van der Waals surface area contributed by atoms with Gasteiger partial charge in [-0.3, -0.25) is 4.90 Å². The monoisotopic (exact) mass is 279 g/mol. The van der Waals surface area contributed by atoms with Crippen LogP contribution in [0.4, 0.5) is 0 Å². The molecule has 0 bridgehead atoms. The summed E-state index contributed by atoms with van der Waals surface area (Å²) >= 11 is 0. The van der Waals surface area contributed by atoms with E-state index in [1.807, 2.05) is 0 Å². The van der Waals surface area contributed by atoms with Crippen LogP contribution in [0.3, 0.4) is 0 Å². The van der Waals surface area contributed by atoms with Crippen LogP contribution in [0.25, 0.3) is 0 Å². The largest absolute Gasteiger partial charge is 0.308 e. The highest BCUT2D eigenvalue weighted by molar-refractivity contribution is 5.01. The fourth-order valence-corrected chi connectivity index (χ4v) is 4.62. The molecule has 1 saturated carbocycles. The molecule has 0 aromatic rings. The van der Waals surface area contributed by atoms with Gasteiger partial charge in [-0.05, 0) is 58.2 Å². The second kappa shape index (κ2) is 6.33. The lowest BCUT2D eigenvalue weighted by Crippen LogP contribution is -2.63. The molecule has 3 aliphatic rings. The molecule has 1 N–H and O–H groups in total. The van der Waals surface area contributed by atoms with Crippen LogP contribution in [0, 0.1) is 5.92 Å². The average Bonchev–Trinajstić information content (AvgIpc) is 2.90. The number of nitrogens with zero attached hydrogens (tertiary/aromatic N) is 2. The van der Waals surface area contributed by atoms with Crippen molar-refractivity contribution in [2.75, 3.05) is 39.8 Å². The molecule has 3 heteroatoms. The van der Waals surface area contributed by atoms with Crippen LogP contribution in [-0.4, -0.2) is 61.2 Å². The Bertz CT molecular complexity index is 303. The van der Waals surface area contributed by atoms with E-state index in [1.165, 1.54) is 77.7 Å². The minimum absolute atomic E-state index is 0.483. The summed E-state index contributed by atoms with van der Waals surface area (Å²) in [4.78, 5) is 5.35. The zero-order valence-electron chi connectivity index (χ0n) is 13.5. The molecular weight excluding hydrogens is 246 g/mol. The molecule has 1 aliphatic carbocycles. The van der Waals surface area contributed by atoms with Crippen LogP contribution < -0.4 is 5.32 Å². The normalized spacial score (nSPS) is 33.0. The minimum atomic E-state index is 0.483. The van der Waals surface area contributed by atoms with Gasteiger partial charge in [0.05, 0.1) is 0 Å². The summed E-state index contributed by atoms with van der Waals surface area (Å²) in [6.45, 7) is 8.87. The molecule has 0 aromatic carbocycles. The van der Waals surface area contributed by atoms with E-state index in [1.54, 1.807) is 0 Å². The van der Waals surface area contributed by atoms with Crippen molar-refractivity contribution in [2.45, 2.75) is 63.5 Å². The third kappa shape index (κ3) is 3.20. The van der Waals surface area contributed by atoms with E-state index >= 15 is 0 Å². The Hall–Kier alpha value is -0.120. The third-order valence-electron chi connectivity index (χ3n) is 6.10. The lowest BCUT2D eigenvalue weighted by atomic mass is 9.89. The molecule has 116 valence electrons. The van der Waals surface area contributed by atoms with Gasteiger partial charge in [0.15, 0.2) is 0 Å². The van der Waals surface area contributed by atoms with Crippen molar-refractivity contribution < 1.29 is 0 Å². The van der Waals surface area contributed by atoms with Crippen LogP contribution >= 0.6 is 0 Å². The molecule has 3 rings (SSSR count). The van der Waals surface area contributed by atoms with Crippen LogP contribution in [0.5, 0.6) is 0 Å². The molecule has 20 heavy (non-hydrogen) atoms. The van der Waals surface area contributed by atoms with E-state index in [0.29, 0.717) is 5.54 Å². The summed E-state index contributed by atoms with van der Waals surface area (Å²) < 4.78 is 0. The Kier molecular flexibility index (Phi) is 4.68. The van der Waals surface area contributed by atoms with Crippen molar-refractivity contribution in [1.29, 1.82) is 0 Å². The van der Waals surface area contributed by atoms with E-state index in [9.17, 15) is 0 Å². The van der Waals surface area contributed by atoms with Gasteiger partial charge in [0.2, 0.25) is 0 Å². The Balaban J connectivity index is 1.59. The Labute approximate surface area is 125 Å². The Morgan fingerprint density at radius 2 is 1.85 bits per heavy atom. The maximum Gasteiger partial charge on any atom is 0.0309 e. The summed E-state index contributed by atoms with van der Waals surface area (Å²) in [5.41, 5.74) is 0.483. The smallest absolute Gasteiger partial charge is 0.0309 e. The SMILES string of the molecule is CCC1CNC2(CCCC2)CN1CC1CCN(C)CC1. The first-order valence-corrected chi connectivity index (χ1v) is 8.88. The molecule has 3 nitrogen and oxygen atoms in total. The molecule has 2 saturated heterocycles. The Morgan fingerprint density at radius 1 is 1.15 bits per heavy atom. The van der Waals surface area contributed by atoms with E-state index in [0.717, 1.165) is 12.0 Å². The minimum Gasteiger partial charge on any atom is -0.308 e. The molecule has 2 aliphatic heterocycles. The van der Waals surface area contributed by atoms with Gasteiger partial charge < -0.3 is 10.2 Å². The fourth-order valence-electron chi connectivity index (χ4n) is 4.62. The molecule has 0 aromatic heterocycles. The molecule has 3 fully saturated rings. The van der Waals surface area contributed by atoms with Gasteiger partial charge in [0.1, 0.15) is 0 Å². The fraction of sp³-hybridized carbons (Fsp3) is 1.00. The maximum atomic E-state index is 3.92. The van der Waals surface area contributed by atoms with Crippen LogP contribution in [0.15, 0.2) is 0 Å². The average molecular weight is 279 g/mol. The first-order chi connectivity index (χ1) is 9.71. The van der Waals surface area contributed by atoms with Gasteiger partial charge in [-0.1, -0.05) is 19.8 Å². The summed E-state index contributed by atoms with van der Waals surface area (Å²) in [6.07, 6.45) is 9.81. The Morgan fingerprint density at radius 3 is 2.50 bits per heavy atom. The lowest BCUT2D eigenvalue weighted by molar-refractivity contribution is 0.0526. The number of rotatable bonds is 3. The standard InChI is InChI=1S/C17H33N3/c1-3-16-12-18-17(8-4-5-9-17)14-20(16)13-15-6-10-19(2)11-7-15/h15-16,18H,3-14H2,1-2H3. The first-order valence-electron chi connectivity index (χ1n) is 8.88. The van der Waals surface area contributed by atoms with Crippen molar-refractivity contribution in [2.24, 2.45) is 5.92 Å². The van der Waals surface area contributed by atoms with Crippen molar-refractivity contribution in [3.05, 3.63) is 0 Å². The van der Waals surface area contributed by atoms with Gasteiger partial charge in [-0.25, -0.2) is 0 Å². The molecule has 0 radical (unpaired) electrons. The van der Waals surface area contributed by atoms with Crippen LogP contribution in [0.2, 0.25) is 0 Å². The molecule has 1 atom stereocenters. The topological polar surface area (TPSA) is 18.5 Å². The van der Waals surface area contributed by atoms with Gasteiger partial charge in [-0.2, -0.15) is 0 Å². The molecule has 0 amide bonds. The summed E-state index contributed by atoms with van der Waals surface area (Å²) in [5.74, 6) is 0.941. The van der Waals surface area contributed by atoms with E-state index < -0.39 is 0 Å². The van der Waals surface area contributed by atoms with Crippen molar-refractivity contribution in [1.82, 2.24) is 15.1 Å². The van der Waals surface area contributed by atoms with Gasteiger partial charge in [0.25, 0.3) is 0 Å². The van der Waals surface area contributed by atoms with E-state index in [-0.39, 0.29) is 0 Å². The molecule has 1 unspecified atom stereocenters. The van der Waals surface area contributed by atoms with Gasteiger partial charge in [0, 0.05) is 31.2 Å². The highest BCUT2D eigenvalue weighted by atomic mass is 15.3. The summed E-state index contributed by atoms with van der Waals surface area (Å²) in [6, 6.07) is 0.779. The van der Waals surface area contributed by atoms with Crippen molar-refractivity contribution in [3.63, 3.8) is 0 Å². The number of hydrogen-bond donors (Lipinski definition) is 1. The number of piperazine rings is 1. The van der Waals surface area contributed by atoms with Crippen molar-refractivity contribution in [3.8, 4) is 0 Å². The maximum absolute atomic E-state index is 3.92. The molecule has 2 heterocycles. The summed E-state index contributed by atoms with van der Waals surface area (Å²) in [5, 5.41) is 3.92.